The van der Waals surface area contributed by atoms with Gasteiger partial charge in [0, 0.05) is 9.75 Å². The van der Waals surface area contributed by atoms with Crippen LogP contribution in [0.2, 0.25) is 0 Å². The summed E-state index contributed by atoms with van der Waals surface area (Å²) in [5.41, 5.74) is 0.496. The van der Waals surface area contributed by atoms with E-state index >= 15 is 0 Å². The van der Waals surface area contributed by atoms with Gasteiger partial charge in [0.05, 0.1) is 11.6 Å². The third-order valence-electron chi connectivity index (χ3n) is 3.20. The number of carbonyl (C=O) groups excluding carboxylic acids is 1. The molecule has 21 heavy (non-hydrogen) atoms. The molecular formula is C16H21NO2S2. The van der Waals surface area contributed by atoms with E-state index in [0.29, 0.717) is 12.3 Å². The first-order chi connectivity index (χ1) is 10.2. The summed E-state index contributed by atoms with van der Waals surface area (Å²) in [6, 6.07) is 4.30. The summed E-state index contributed by atoms with van der Waals surface area (Å²) in [7, 11) is 0. The Morgan fingerprint density at radius 1 is 1.29 bits per heavy atom. The van der Waals surface area contributed by atoms with Crippen LogP contribution >= 0.6 is 22.7 Å². The van der Waals surface area contributed by atoms with Gasteiger partial charge in [-0.3, -0.25) is 0 Å². The molecule has 5 heteroatoms. The first-order valence-electron chi connectivity index (χ1n) is 7.36. The molecular weight excluding hydrogens is 302 g/mol. The molecule has 0 aliphatic rings. The standard InChI is InChI=1S/C16H21NO2S2/c1-3-19-16(18)15-12(2)21-14(17-15)10-6-4-5-8-13-9-7-11-20-13/h7,9,11H,3-6,8,10H2,1-2H3. The molecule has 0 aliphatic heterocycles. The molecule has 0 saturated heterocycles. The Kier molecular flexibility index (Phi) is 6.39. The molecule has 0 bridgehead atoms. The molecule has 0 unspecified atom stereocenters. The van der Waals surface area contributed by atoms with Gasteiger partial charge in [0.2, 0.25) is 0 Å². The molecule has 0 amide bonds. The number of esters is 1. The molecule has 0 fully saturated rings. The minimum Gasteiger partial charge on any atom is -0.461 e. The first kappa shape index (κ1) is 16.2. The van der Waals surface area contributed by atoms with Gasteiger partial charge in [-0.1, -0.05) is 12.5 Å². The summed E-state index contributed by atoms with van der Waals surface area (Å²) in [5, 5.41) is 3.18. The van der Waals surface area contributed by atoms with E-state index in [4.69, 9.17) is 4.74 Å². The molecule has 114 valence electrons. The second-order valence-electron chi connectivity index (χ2n) is 4.87. The van der Waals surface area contributed by atoms with Crippen molar-refractivity contribution in [2.24, 2.45) is 0 Å². The minimum absolute atomic E-state index is 0.296. The fourth-order valence-corrected chi connectivity index (χ4v) is 3.87. The fourth-order valence-electron chi connectivity index (χ4n) is 2.15. The third kappa shape index (κ3) is 4.93. The van der Waals surface area contributed by atoms with E-state index < -0.39 is 0 Å². The summed E-state index contributed by atoms with van der Waals surface area (Å²) in [4.78, 5) is 18.6. The van der Waals surface area contributed by atoms with Gasteiger partial charge < -0.3 is 4.74 Å². The quantitative estimate of drug-likeness (QED) is 0.524. The lowest BCUT2D eigenvalue weighted by atomic mass is 10.1. The molecule has 2 heterocycles. The summed E-state index contributed by atoms with van der Waals surface area (Å²) < 4.78 is 5.01. The van der Waals surface area contributed by atoms with E-state index in [1.807, 2.05) is 25.2 Å². The topological polar surface area (TPSA) is 39.2 Å². The van der Waals surface area contributed by atoms with E-state index in [2.05, 4.69) is 22.5 Å². The van der Waals surface area contributed by atoms with Crippen molar-refractivity contribution in [1.29, 1.82) is 0 Å². The van der Waals surface area contributed by atoms with Crippen molar-refractivity contribution < 1.29 is 9.53 Å². The summed E-state index contributed by atoms with van der Waals surface area (Å²) in [6.07, 6.45) is 5.67. The number of carbonyl (C=O) groups is 1. The number of thiophene rings is 1. The lowest BCUT2D eigenvalue weighted by molar-refractivity contribution is 0.0519. The Hall–Kier alpha value is -1.20. The number of aryl methyl sites for hydroxylation is 3. The Bertz CT molecular complexity index is 561. The van der Waals surface area contributed by atoms with E-state index in [-0.39, 0.29) is 5.97 Å². The summed E-state index contributed by atoms with van der Waals surface area (Å²) in [5.74, 6) is -0.296. The van der Waals surface area contributed by atoms with Crippen LogP contribution in [0.5, 0.6) is 0 Å². The molecule has 0 spiro atoms. The Morgan fingerprint density at radius 3 is 2.81 bits per heavy atom. The Balaban J connectivity index is 1.73. The lowest BCUT2D eigenvalue weighted by Gasteiger charge is -1.99. The average molecular weight is 323 g/mol. The first-order valence-corrected chi connectivity index (χ1v) is 9.06. The normalized spacial score (nSPS) is 10.8. The predicted molar refractivity (Wildman–Crippen MR) is 88.4 cm³/mol. The van der Waals surface area contributed by atoms with Crippen molar-refractivity contribution in [2.45, 2.75) is 46.0 Å². The SMILES string of the molecule is CCOC(=O)c1nc(CCCCCc2cccs2)sc1C. The largest absolute Gasteiger partial charge is 0.461 e. The second-order valence-corrected chi connectivity index (χ2v) is 7.19. The number of ether oxygens (including phenoxy) is 1. The highest BCUT2D eigenvalue weighted by Gasteiger charge is 2.15. The molecule has 2 aromatic rings. The van der Waals surface area contributed by atoms with Crippen LogP contribution in [0.25, 0.3) is 0 Å². The Labute approximate surface area is 134 Å². The molecule has 0 N–H and O–H groups in total. The summed E-state index contributed by atoms with van der Waals surface area (Å²) >= 11 is 3.44. The van der Waals surface area contributed by atoms with Gasteiger partial charge >= 0.3 is 5.97 Å². The molecule has 0 aromatic carbocycles. The molecule has 0 atom stereocenters. The molecule has 3 nitrogen and oxygen atoms in total. The van der Waals surface area contributed by atoms with Crippen LogP contribution in [-0.4, -0.2) is 17.6 Å². The third-order valence-corrected chi connectivity index (χ3v) is 5.17. The van der Waals surface area contributed by atoms with Gasteiger partial charge in [-0.2, -0.15) is 0 Å². The van der Waals surface area contributed by atoms with Crippen LogP contribution < -0.4 is 0 Å². The minimum atomic E-state index is -0.296. The monoisotopic (exact) mass is 323 g/mol. The van der Waals surface area contributed by atoms with Crippen molar-refractivity contribution >= 4 is 28.6 Å². The van der Waals surface area contributed by atoms with Gasteiger partial charge in [0.25, 0.3) is 0 Å². The zero-order chi connectivity index (χ0) is 15.1. The van der Waals surface area contributed by atoms with Crippen LogP contribution in [0.15, 0.2) is 17.5 Å². The van der Waals surface area contributed by atoms with Gasteiger partial charge in [0.1, 0.15) is 0 Å². The van der Waals surface area contributed by atoms with Crippen LogP contribution in [0.1, 0.15) is 51.4 Å². The fraction of sp³-hybridized carbons (Fsp3) is 0.500. The molecule has 0 saturated carbocycles. The highest BCUT2D eigenvalue weighted by molar-refractivity contribution is 7.11. The van der Waals surface area contributed by atoms with E-state index in [0.717, 1.165) is 22.7 Å². The maximum Gasteiger partial charge on any atom is 0.358 e. The molecule has 0 radical (unpaired) electrons. The van der Waals surface area contributed by atoms with Gasteiger partial charge in [-0.05, 0) is 51.0 Å². The van der Waals surface area contributed by atoms with Gasteiger partial charge in [-0.25, -0.2) is 9.78 Å². The van der Waals surface area contributed by atoms with Crippen LogP contribution in [0.4, 0.5) is 0 Å². The van der Waals surface area contributed by atoms with E-state index in [1.54, 1.807) is 11.3 Å². The van der Waals surface area contributed by atoms with Crippen LogP contribution in [0, 0.1) is 6.92 Å². The highest BCUT2D eigenvalue weighted by Crippen LogP contribution is 2.21. The van der Waals surface area contributed by atoms with Gasteiger partial charge in [0.15, 0.2) is 5.69 Å². The Morgan fingerprint density at radius 2 is 2.10 bits per heavy atom. The second kappa shape index (κ2) is 8.29. The van der Waals surface area contributed by atoms with Gasteiger partial charge in [-0.15, -0.1) is 22.7 Å². The zero-order valence-electron chi connectivity index (χ0n) is 12.6. The zero-order valence-corrected chi connectivity index (χ0v) is 14.2. The number of hydrogen-bond donors (Lipinski definition) is 0. The van der Waals surface area contributed by atoms with Crippen molar-refractivity contribution in [3.63, 3.8) is 0 Å². The smallest absolute Gasteiger partial charge is 0.358 e. The van der Waals surface area contributed by atoms with Crippen LogP contribution in [-0.2, 0) is 17.6 Å². The number of aromatic nitrogens is 1. The lowest BCUT2D eigenvalue weighted by Crippen LogP contribution is -2.06. The van der Waals surface area contributed by atoms with Crippen molar-refractivity contribution in [2.75, 3.05) is 6.61 Å². The number of unbranched alkanes of at least 4 members (excludes halogenated alkanes) is 2. The number of nitrogens with zero attached hydrogens (tertiary/aromatic N) is 1. The average Bonchev–Trinajstić information content (AvgIpc) is 3.08. The van der Waals surface area contributed by atoms with E-state index in [9.17, 15) is 4.79 Å². The van der Waals surface area contributed by atoms with E-state index in [1.165, 1.54) is 24.1 Å². The highest BCUT2D eigenvalue weighted by atomic mass is 32.1. The van der Waals surface area contributed by atoms with Crippen molar-refractivity contribution in [1.82, 2.24) is 4.98 Å². The summed E-state index contributed by atoms with van der Waals surface area (Å²) in [6.45, 7) is 4.15. The predicted octanol–water partition coefficient (Wildman–Crippen LogP) is 4.65. The van der Waals surface area contributed by atoms with Crippen LogP contribution in [0.3, 0.4) is 0 Å². The molecule has 2 aromatic heterocycles. The molecule has 2 rings (SSSR count). The molecule has 0 aliphatic carbocycles. The van der Waals surface area contributed by atoms with Crippen molar-refractivity contribution in [3.05, 3.63) is 38.0 Å². The number of rotatable bonds is 8. The van der Waals surface area contributed by atoms with Crippen molar-refractivity contribution in [3.8, 4) is 0 Å². The number of thiazole rings is 1. The number of hydrogen-bond acceptors (Lipinski definition) is 5. The maximum absolute atomic E-state index is 11.7. The maximum atomic E-state index is 11.7.